The molecule has 0 saturated carbocycles. The van der Waals surface area contributed by atoms with Gasteiger partial charge in [-0.2, -0.15) is 0 Å². The topological polar surface area (TPSA) is 0 Å². The first kappa shape index (κ1) is 14.6. The molecule has 0 bridgehead atoms. The van der Waals surface area contributed by atoms with Gasteiger partial charge in [0.25, 0.3) is 0 Å². The molecule has 1 atom stereocenters. The molecule has 1 unspecified atom stereocenters. The number of hydrogen-bond donors (Lipinski definition) is 0. The Morgan fingerprint density at radius 1 is 1.13 bits per heavy atom. The molecule has 0 heterocycles. The fourth-order valence-electron chi connectivity index (χ4n) is 1.76. The van der Waals surface area contributed by atoms with Gasteiger partial charge < -0.3 is 0 Å². The number of halogens is 2. The van der Waals surface area contributed by atoms with Gasteiger partial charge in [0.05, 0.1) is 0 Å². The molecule has 90 valence electrons. The molecule has 0 aromatic carbocycles. The van der Waals surface area contributed by atoms with Gasteiger partial charge in [-0.15, -0.1) is 6.58 Å². The smallest absolute Gasteiger partial charge is 0.207 e. The maximum Gasteiger partial charge on any atom is 0.245 e. The second kappa shape index (κ2) is 5.62. The Morgan fingerprint density at radius 2 is 1.67 bits per heavy atom. The molecule has 0 spiro atoms. The summed E-state index contributed by atoms with van der Waals surface area (Å²) in [6.07, 6.45) is 4.33. The van der Waals surface area contributed by atoms with Crippen LogP contribution in [0.5, 0.6) is 0 Å². The van der Waals surface area contributed by atoms with Gasteiger partial charge >= 0.3 is 0 Å². The van der Waals surface area contributed by atoms with Crippen LogP contribution >= 0.6 is 0 Å². The predicted molar refractivity (Wildman–Crippen MR) is 62.2 cm³/mol. The lowest BCUT2D eigenvalue weighted by atomic mass is 9.75. The van der Waals surface area contributed by atoms with E-state index in [9.17, 15) is 8.78 Å². The minimum absolute atomic E-state index is 0.00786. The van der Waals surface area contributed by atoms with Crippen molar-refractivity contribution in [3.05, 3.63) is 12.7 Å². The maximum absolute atomic E-state index is 12.8. The molecule has 0 aromatic rings. The third-order valence-corrected chi connectivity index (χ3v) is 2.88. The van der Waals surface area contributed by atoms with Crippen LogP contribution in [0.2, 0.25) is 0 Å². The van der Waals surface area contributed by atoms with Crippen LogP contribution < -0.4 is 0 Å². The van der Waals surface area contributed by atoms with E-state index in [0.717, 1.165) is 19.8 Å². The van der Waals surface area contributed by atoms with Crippen molar-refractivity contribution in [3.8, 4) is 0 Å². The average Bonchev–Trinajstić information content (AvgIpc) is 1.99. The third-order valence-electron chi connectivity index (χ3n) is 2.88. The highest BCUT2D eigenvalue weighted by Crippen LogP contribution is 2.35. The molecule has 0 aliphatic carbocycles. The second-order valence-corrected chi connectivity index (χ2v) is 5.54. The van der Waals surface area contributed by atoms with Crippen molar-refractivity contribution in [1.29, 1.82) is 0 Å². The SMILES string of the molecule is C=CCCC(CCC(C)(F)F)C(C)(C)C. The standard InChI is InChI=1S/C13H24F2/c1-6-7-8-11(12(2,3)4)9-10-13(5,14)15/h6,11H,1,7-10H2,2-5H3. The molecule has 0 radical (unpaired) electrons. The number of alkyl halides is 2. The summed E-state index contributed by atoms with van der Waals surface area (Å²) in [5.41, 5.74) is 0.105. The monoisotopic (exact) mass is 218 g/mol. The van der Waals surface area contributed by atoms with Crippen molar-refractivity contribution >= 4 is 0 Å². The molecule has 0 aliphatic rings. The predicted octanol–water partition coefficient (Wildman–Crippen LogP) is 5.05. The van der Waals surface area contributed by atoms with Crippen LogP contribution in [-0.2, 0) is 0 Å². The Morgan fingerprint density at radius 3 is 2.00 bits per heavy atom. The van der Waals surface area contributed by atoms with Crippen LogP contribution in [0, 0.1) is 11.3 Å². The maximum atomic E-state index is 12.8. The van der Waals surface area contributed by atoms with E-state index in [1.54, 1.807) is 0 Å². The van der Waals surface area contributed by atoms with Crippen molar-refractivity contribution in [2.24, 2.45) is 11.3 Å². The Labute approximate surface area is 92.8 Å². The molecule has 0 aliphatic heterocycles. The second-order valence-electron chi connectivity index (χ2n) is 5.54. The van der Waals surface area contributed by atoms with E-state index in [1.807, 2.05) is 6.08 Å². The van der Waals surface area contributed by atoms with E-state index >= 15 is 0 Å². The van der Waals surface area contributed by atoms with Gasteiger partial charge in [0.2, 0.25) is 5.92 Å². The molecule has 0 amide bonds. The van der Waals surface area contributed by atoms with Crippen molar-refractivity contribution in [2.45, 2.75) is 59.3 Å². The molecular weight excluding hydrogens is 194 g/mol. The molecular formula is C13H24F2. The summed E-state index contributed by atoms with van der Waals surface area (Å²) < 4.78 is 25.5. The molecule has 0 aromatic heterocycles. The zero-order chi connectivity index (χ0) is 12.1. The van der Waals surface area contributed by atoms with Gasteiger partial charge in [-0.1, -0.05) is 26.8 Å². The third kappa shape index (κ3) is 7.52. The first-order chi connectivity index (χ1) is 6.67. The minimum Gasteiger partial charge on any atom is -0.207 e. The normalized spacial score (nSPS) is 15.1. The van der Waals surface area contributed by atoms with E-state index in [4.69, 9.17) is 0 Å². The van der Waals surface area contributed by atoms with Crippen LogP contribution in [0.25, 0.3) is 0 Å². The molecule has 0 nitrogen and oxygen atoms in total. The Hall–Kier alpha value is -0.400. The minimum atomic E-state index is -2.53. The van der Waals surface area contributed by atoms with E-state index in [-0.39, 0.29) is 11.8 Å². The first-order valence-corrected chi connectivity index (χ1v) is 5.65. The average molecular weight is 218 g/mol. The fraction of sp³-hybridized carbons (Fsp3) is 0.846. The summed E-state index contributed by atoms with van der Waals surface area (Å²) in [6, 6.07) is 0. The zero-order valence-electron chi connectivity index (χ0n) is 10.4. The van der Waals surface area contributed by atoms with Crippen molar-refractivity contribution < 1.29 is 8.78 Å². The molecule has 15 heavy (non-hydrogen) atoms. The van der Waals surface area contributed by atoms with E-state index in [0.29, 0.717) is 12.3 Å². The summed E-state index contributed by atoms with van der Waals surface area (Å²) in [5, 5.41) is 0. The highest BCUT2D eigenvalue weighted by molar-refractivity contribution is 4.79. The summed E-state index contributed by atoms with van der Waals surface area (Å²) in [4.78, 5) is 0. The van der Waals surface area contributed by atoms with Gasteiger partial charge in [-0.3, -0.25) is 0 Å². The number of allylic oxidation sites excluding steroid dienone is 1. The van der Waals surface area contributed by atoms with E-state index in [1.165, 1.54) is 0 Å². The van der Waals surface area contributed by atoms with Crippen LogP contribution in [0.4, 0.5) is 8.78 Å². The largest absolute Gasteiger partial charge is 0.245 e. The van der Waals surface area contributed by atoms with Gasteiger partial charge in [-0.05, 0) is 37.5 Å². The highest BCUT2D eigenvalue weighted by Gasteiger charge is 2.28. The summed E-state index contributed by atoms with van der Waals surface area (Å²) >= 11 is 0. The molecule has 2 heteroatoms. The lowest BCUT2D eigenvalue weighted by Gasteiger charge is -2.31. The number of hydrogen-bond acceptors (Lipinski definition) is 0. The van der Waals surface area contributed by atoms with Crippen molar-refractivity contribution in [1.82, 2.24) is 0 Å². The lowest BCUT2D eigenvalue weighted by molar-refractivity contribution is 0.000609. The Balaban J connectivity index is 4.20. The Bertz CT molecular complexity index is 184. The van der Waals surface area contributed by atoms with Crippen LogP contribution in [0.3, 0.4) is 0 Å². The molecule has 0 rings (SSSR count). The van der Waals surface area contributed by atoms with E-state index in [2.05, 4.69) is 27.4 Å². The van der Waals surface area contributed by atoms with Crippen LogP contribution in [-0.4, -0.2) is 5.92 Å². The highest BCUT2D eigenvalue weighted by atomic mass is 19.3. The first-order valence-electron chi connectivity index (χ1n) is 5.65. The summed E-state index contributed by atoms with van der Waals surface area (Å²) in [6.45, 7) is 11.0. The molecule has 0 saturated heterocycles. The van der Waals surface area contributed by atoms with Gasteiger partial charge in [0.1, 0.15) is 0 Å². The summed E-state index contributed by atoms with van der Waals surface area (Å²) in [7, 11) is 0. The van der Waals surface area contributed by atoms with Crippen LogP contribution in [0.15, 0.2) is 12.7 Å². The van der Waals surface area contributed by atoms with Crippen molar-refractivity contribution in [2.75, 3.05) is 0 Å². The lowest BCUT2D eigenvalue weighted by Crippen LogP contribution is -2.23. The summed E-state index contributed by atoms with van der Waals surface area (Å²) in [5.74, 6) is -2.18. The van der Waals surface area contributed by atoms with Gasteiger partial charge in [0.15, 0.2) is 0 Å². The fourth-order valence-corrected chi connectivity index (χ4v) is 1.76. The number of rotatable bonds is 6. The van der Waals surface area contributed by atoms with E-state index < -0.39 is 5.92 Å². The Kier molecular flexibility index (Phi) is 5.47. The molecule has 0 fully saturated rings. The van der Waals surface area contributed by atoms with Gasteiger partial charge in [-0.25, -0.2) is 8.78 Å². The van der Waals surface area contributed by atoms with Gasteiger partial charge in [0, 0.05) is 6.42 Å². The quantitative estimate of drug-likeness (QED) is 0.547. The molecule has 0 N–H and O–H groups in total. The zero-order valence-corrected chi connectivity index (χ0v) is 10.4. The van der Waals surface area contributed by atoms with Crippen LogP contribution in [0.1, 0.15) is 53.4 Å². The van der Waals surface area contributed by atoms with Crippen molar-refractivity contribution in [3.63, 3.8) is 0 Å².